The van der Waals surface area contributed by atoms with Gasteiger partial charge in [-0.15, -0.1) is 0 Å². The fourth-order valence-electron chi connectivity index (χ4n) is 5.14. The Kier molecular flexibility index (Phi) is 12.5. The third-order valence-electron chi connectivity index (χ3n) is 7.61. The number of carbonyl (C=O) groups excluding carboxylic acids is 2. The summed E-state index contributed by atoms with van der Waals surface area (Å²) in [5, 5.41) is 6.86. The molecule has 13 heteroatoms. The number of amides is 2. The summed E-state index contributed by atoms with van der Waals surface area (Å²) in [6.45, 7) is 6.58. The molecule has 2 aliphatic rings. The number of hydrogen-bond donors (Lipinski definition) is 1. The molecule has 4 heterocycles. The number of alkyl halides is 3. The molecule has 0 spiro atoms. The molecule has 1 atom stereocenters. The van der Waals surface area contributed by atoms with E-state index in [0.29, 0.717) is 43.9 Å². The standard InChI is InChI=1S/C34H40F3N7O3/c1-4-5-6-10-27(42-17-19-43(20-18-42)33(46)30-11-8-21-47-30)12-13-32(45)40-16-14-25(2)29(24-38-3)44-31(34(35,36)37)22-28(41-44)26-9-7-15-39-23-26/h5-7,9-10,12-16,22-24,30H,4,8,11,17-21H2,1-3H3,(H,40,45)/b6-5-,13-12+,16-14+,27-10+,29-25+,38-24?. The minimum absolute atomic E-state index is 0.0362. The van der Waals surface area contributed by atoms with Gasteiger partial charge in [-0.1, -0.05) is 19.1 Å². The van der Waals surface area contributed by atoms with E-state index < -0.39 is 17.8 Å². The molecule has 4 rings (SSSR count). The SMILES string of the molecule is CC\C=C/C=C(\C=C\C(=O)N/C=C/C(C)=C(\C=NC)n1nc(-c2cccnc2)cc1C(F)(F)F)N1CCN(C(=O)C2CCCO2)CC1. The highest BCUT2D eigenvalue weighted by atomic mass is 19.4. The van der Waals surface area contributed by atoms with E-state index in [2.05, 4.69) is 25.3 Å². The average molecular weight is 652 g/mol. The van der Waals surface area contributed by atoms with Gasteiger partial charge in [0, 0.05) is 82.0 Å². The zero-order valence-corrected chi connectivity index (χ0v) is 26.8. The summed E-state index contributed by atoms with van der Waals surface area (Å²) in [6.07, 6.45) is 13.5. The Hall–Kier alpha value is -4.78. The summed E-state index contributed by atoms with van der Waals surface area (Å²) < 4.78 is 48.5. The topological polar surface area (TPSA) is 105 Å². The summed E-state index contributed by atoms with van der Waals surface area (Å²) in [5.74, 6) is -0.389. The maximum Gasteiger partial charge on any atom is 0.433 e. The van der Waals surface area contributed by atoms with Crippen LogP contribution >= 0.6 is 0 Å². The Morgan fingerprint density at radius 1 is 1.15 bits per heavy atom. The highest BCUT2D eigenvalue weighted by Crippen LogP contribution is 2.34. The molecule has 2 amide bonds. The molecule has 2 aromatic heterocycles. The van der Waals surface area contributed by atoms with Crippen LogP contribution in [0.5, 0.6) is 0 Å². The van der Waals surface area contributed by atoms with E-state index in [1.165, 1.54) is 44.0 Å². The van der Waals surface area contributed by atoms with Crippen molar-refractivity contribution in [2.24, 2.45) is 4.99 Å². The maximum atomic E-state index is 14.0. The van der Waals surface area contributed by atoms with Gasteiger partial charge in [0.2, 0.25) is 5.91 Å². The lowest BCUT2D eigenvalue weighted by Gasteiger charge is -2.37. The molecule has 0 radical (unpaired) electrons. The highest BCUT2D eigenvalue weighted by Gasteiger charge is 2.37. The molecule has 0 bridgehead atoms. The van der Waals surface area contributed by atoms with Gasteiger partial charge in [-0.3, -0.25) is 19.6 Å². The van der Waals surface area contributed by atoms with Crippen LogP contribution in [0.25, 0.3) is 17.0 Å². The van der Waals surface area contributed by atoms with Gasteiger partial charge in [0.05, 0.1) is 11.4 Å². The van der Waals surface area contributed by atoms with Crippen molar-refractivity contribution in [2.45, 2.75) is 45.4 Å². The van der Waals surface area contributed by atoms with Crippen LogP contribution in [-0.4, -0.2) is 88.5 Å². The second-order valence-corrected chi connectivity index (χ2v) is 10.9. The maximum absolute atomic E-state index is 14.0. The number of aromatic nitrogens is 3. The van der Waals surface area contributed by atoms with Crippen LogP contribution in [-0.2, 0) is 20.5 Å². The van der Waals surface area contributed by atoms with E-state index in [-0.39, 0.29) is 23.4 Å². The number of rotatable bonds is 11. The van der Waals surface area contributed by atoms with Crippen molar-refractivity contribution in [3.8, 4) is 11.3 Å². The van der Waals surface area contributed by atoms with Crippen molar-refractivity contribution in [3.05, 3.63) is 90.2 Å². The number of nitrogens with one attached hydrogen (secondary N) is 1. The Morgan fingerprint density at radius 2 is 1.91 bits per heavy atom. The number of ether oxygens (including phenoxy) is 1. The Balaban J connectivity index is 1.46. The summed E-state index contributed by atoms with van der Waals surface area (Å²) >= 11 is 0. The summed E-state index contributed by atoms with van der Waals surface area (Å²) in [5.41, 5.74) is 0.853. The van der Waals surface area contributed by atoms with Crippen LogP contribution in [0.2, 0.25) is 0 Å². The van der Waals surface area contributed by atoms with E-state index in [1.54, 1.807) is 25.1 Å². The number of aliphatic imine (C=N–C) groups is 1. The lowest BCUT2D eigenvalue weighted by Crippen LogP contribution is -2.50. The molecule has 10 nitrogen and oxygen atoms in total. The van der Waals surface area contributed by atoms with E-state index in [4.69, 9.17) is 4.74 Å². The molecular weight excluding hydrogens is 611 g/mol. The van der Waals surface area contributed by atoms with Crippen molar-refractivity contribution in [1.29, 1.82) is 0 Å². The number of pyridine rings is 1. The molecule has 0 aliphatic carbocycles. The predicted molar refractivity (Wildman–Crippen MR) is 175 cm³/mol. The van der Waals surface area contributed by atoms with Gasteiger partial charge in [0.15, 0.2) is 0 Å². The van der Waals surface area contributed by atoms with Gasteiger partial charge < -0.3 is 19.9 Å². The van der Waals surface area contributed by atoms with E-state index >= 15 is 0 Å². The first kappa shape index (κ1) is 35.1. The van der Waals surface area contributed by atoms with Crippen molar-refractivity contribution >= 4 is 23.7 Å². The van der Waals surface area contributed by atoms with Gasteiger partial charge in [0.1, 0.15) is 11.8 Å². The molecule has 47 heavy (non-hydrogen) atoms. The molecule has 250 valence electrons. The molecule has 0 saturated carbocycles. The van der Waals surface area contributed by atoms with Crippen LogP contribution in [0.3, 0.4) is 0 Å². The minimum Gasteiger partial charge on any atom is -0.368 e. The molecule has 2 saturated heterocycles. The number of piperazine rings is 1. The largest absolute Gasteiger partial charge is 0.433 e. The van der Waals surface area contributed by atoms with Crippen LogP contribution in [0, 0.1) is 0 Å². The molecule has 2 aliphatic heterocycles. The normalized spacial score (nSPS) is 18.7. The molecular formula is C34H40F3N7O3. The quantitative estimate of drug-likeness (QED) is 0.202. The first-order valence-electron chi connectivity index (χ1n) is 15.5. The summed E-state index contributed by atoms with van der Waals surface area (Å²) in [6, 6.07) is 4.21. The van der Waals surface area contributed by atoms with Crippen molar-refractivity contribution in [2.75, 3.05) is 39.8 Å². The number of halogens is 3. The van der Waals surface area contributed by atoms with Gasteiger partial charge >= 0.3 is 6.18 Å². The molecule has 0 aromatic carbocycles. The zero-order chi connectivity index (χ0) is 33.8. The third-order valence-corrected chi connectivity index (χ3v) is 7.61. The second-order valence-electron chi connectivity index (χ2n) is 10.9. The first-order valence-corrected chi connectivity index (χ1v) is 15.5. The van der Waals surface area contributed by atoms with Crippen LogP contribution in [0.4, 0.5) is 13.2 Å². The van der Waals surface area contributed by atoms with Gasteiger partial charge in [-0.25, -0.2) is 4.68 Å². The van der Waals surface area contributed by atoms with Crippen molar-refractivity contribution in [3.63, 3.8) is 0 Å². The smallest absolute Gasteiger partial charge is 0.368 e. The Bertz CT molecular complexity index is 1560. The lowest BCUT2D eigenvalue weighted by atomic mass is 10.2. The van der Waals surface area contributed by atoms with Crippen molar-refractivity contribution in [1.82, 2.24) is 29.9 Å². The first-order chi connectivity index (χ1) is 22.6. The predicted octanol–water partition coefficient (Wildman–Crippen LogP) is 5.25. The van der Waals surface area contributed by atoms with E-state index in [9.17, 15) is 22.8 Å². The number of carbonyl (C=O) groups is 2. The van der Waals surface area contributed by atoms with Crippen LogP contribution < -0.4 is 5.32 Å². The summed E-state index contributed by atoms with van der Waals surface area (Å²) in [4.78, 5) is 37.4. The molecule has 2 aromatic rings. The highest BCUT2D eigenvalue weighted by molar-refractivity contribution is 6.04. The monoisotopic (exact) mass is 651 g/mol. The van der Waals surface area contributed by atoms with Crippen molar-refractivity contribution < 1.29 is 27.5 Å². The van der Waals surface area contributed by atoms with Gasteiger partial charge in [0.25, 0.3) is 5.91 Å². The average Bonchev–Trinajstić information content (AvgIpc) is 3.77. The van der Waals surface area contributed by atoms with Crippen LogP contribution in [0.1, 0.15) is 38.8 Å². The van der Waals surface area contributed by atoms with Gasteiger partial charge in [-0.2, -0.15) is 18.3 Å². The fourth-order valence-corrected chi connectivity index (χ4v) is 5.14. The van der Waals surface area contributed by atoms with Gasteiger partial charge in [-0.05, 0) is 68.2 Å². The van der Waals surface area contributed by atoms with E-state index in [1.807, 2.05) is 30.1 Å². The third kappa shape index (κ3) is 9.61. The summed E-state index contributed by atoms with van der Waals surface area (Å²) in [7, 11) is 1.45. The number of allylic oxidation sites excluding steroid dienone is 7. The lowest BCUT2D eigenvalue weighted by molar-refractivity contribution is -0.143. The fraction of sp³-hybridized carbons (Fsp3) is 0.382. The van der Waals surface area contributed by atoms with Crippen LogP contribution in [0.15, 0.2) is 89.5 Å². The molecule has 1 N–H and O–H groups in total. The Morgan fingerprint density at radius 3 is 2.55 bits per heavy atom. The molecule has 2 fully saturated rings. The second kappa shape index (κ2) is 16.7. The number of nitrogens with zero attached hydrogens (tertiary/aromatic N) is 6. The minimum atomic E-state index is -4.69. The Labute approximate surface area is 272 Å². The zero-order valence-electron chi connectivity index (χ0n) is 26.8. The van der Waals surface area contributed by atoms with E-state index in [0.717, 1.165) is 35.7 Å². The molecule has 1 unspecified atom stereocenters. The number of hydrogen-bond acceptors (Lipinski definition) is 7.